The van der Waals surface area contributed by atoms with Crippen LogP contribution in [0.15, 0.2) is 48.0 Å². The molecule has 0 saturated heterocycles. The van der Waals surface area contributed by atoms with Crippen molar-refractivity contribution in [3.8, 4) is 5.75 Å². The van der Waals surface area contributed by atoms with Crippen LogP contribution >= 0.6 is 0 Å². The molecular formula is C24H27NO. The second-order valence-electron chi connectivity index (χ2n) is 9.01. The fraction of sp³-hybridized carbons (Fsp3) is 0.417. The van der Waals surface area contributed by atoms with Gasteiger partial charge < -0.3 is 10.1 Å². The molecule has 3 aliphatic rings. The number of aryl methyl sites for hydroxylation is 1. The van der Waals surface area contributed by atoms with Crippen molar-refractivity contribution in [3.63, 3.8) is 0 Å². The molecule has 26 heavy (non-hydrogen) atoms. The molecule has 1 N–H and O–H groups in total. The maximum atomic E-state index is 6.54. The number of ether oxygens (including phenoxy) is 1. The highest BCUT2D eigenvalue weighted by atomic mass is 16.5. The van der Waals surface area contributed by atoms with Crippen LogP contribution in [0, 0.1) is 12.8 Å². The van der Waals surface area contributed by atoms with Crippen LogP contribution in [0.3, 0.4) is 0 Å². The summed E-state index contributed by atoms with van der Waals surface area (Å²) >= 11 is 0. The molecular weight excluding hydrogens is 318 g/mol. The molecule has 0 aromatic heterocycles. The van der Waals surface area contributed by atoms with Gasteiger partial charge in [-0.3, -0.25) is 0 Å². The Morgan fingerprint density at radius 1 is 1.08 bits per heavy atom. The first-order valence-corrected chi connectivity index (χ1v) is 9.76. The summed E-state index contributed by atoms with van der Waals surface area (Å²) in [6.45, 7) is 9.30. The predicted molar refractivity (Wildman–Crippen MR) is 108 cm³/mol. The van der Waals surface area contributed by atoms with Crippen molar-refractivity contribution >= 4 is 11.8 Å². The van der Waals surface area contributed by atoms with Crippen LogP contribution < -0.4 is 10.1 Å². The van der Waals surface area contributed by atoms with Gasteiger partial charge in [0.2, 0.25) is 0 Å². The van der Waals surface area contributed by atoms with Crippen LogP contribution in [0.5, 0.6) is 5.75 Å². The second-order valence-corrected chi connectivity index (χ2v) is 9.01. The predicted octanol–water partition coefficient (Wildman–Crippen LogP) is 5.71. The van der Waals surface area contributed by atoms with Gasteiger partial charge >= 0.3 is 0 Å². The van der Waals surface area contributed by atoms with E-state index in [2.05, 4.69) is 81.6 Å². The standard InChI is InChI=1S/C24H27NO/c1-15-9-10-20-18(13-15)23(2,3)17-11-12-24(4)19(22(17)25-20)14-16-7-5-6-8-21(16)26-24/h5-10,13-14,17,22,25H,11-12H2,1-4H3/t17-,22+,24?/m1/s1. The maximum absolute atomic E-state index is 6.54. The zero-order valence-corrected chi connectivity index (χ0v) is 16.1. The molecule has 2 aromatic carbocycles. The number of hydrogen-bond donors (Lipinski definition) is 1. The molecule has 0 amide bonds. The molecule has 2 nitrogen and oxygen atoms in total. The van der Waals surface area contributed by atoms with Crippen LogP contribution in [0.25, 0.3) is 6.08 Å². The van der Waals surface area contributed by atoms with Crippen molar-refractivity contribution in [1.82, 2.24) is 0 Å². The lowest BCUT2D eigenvalue weighted by molar-refractivity contribution is 0.0603. The van der Waals surface area contributed by atoms with Crippen molar-refractivity contribution in [2.45, 2.75) is 57.6 Å². The summed E-state index contributed by atoms with van der Waals surface area (Å²) in [4.78, 5) is 0. The summed E-state index contributed by atoms with van der Waals surface area (Å²) in [6, 6.07) is 15.6. The van der Waals surface area contributed by atoms with Gasteiger partial charge in [-0.25, -0.2) is 0 Å². The van der Waals surface area contributed by atoms with E-state index in [4.69, 9.17) is 4.74 Å². The lowest BCUT2D eigenvalue weighted by Crippen LogP contribution is -2.57. The molecule has 5 rings (SSSR count). The Labute approximate surface area is 156 Å². The number of fused-ring (bicyclic) bond motifs is 5. The fourth-order valence-corrected chi connectivity index (χ4v) is 5.38. The topological polar surface area (TPSA) is 21.3 Å². The highest BCUT2D eigenvalue weighted by molar-refractivity contribution is 5.70. The first kappa shape index (κ1) is 16.0. The minimum Gasteiger partial charge on any atom is -0.483 e. The molecule has 1 aliphatic carbocycles. The third kappa shape index (κ3) is 2.11. The number of hydrogen-bond acceptors (Lipinski definition) is 2. The van der Waals surface area contributed by atoms with Crippen molar-refractivity contribution in [1.29, 1.82) is 0 Å². The molecule has 134 valence electrons. The van der Waals surface area contributed by atoms with Gasteiger partial charge in [-0.2, -0.15) is 0 Å². The number of rotatable bonds is 0. The second kappa shape index (κ2) is 5.16. The van der Waals surface area contributed by atoms with Crippen molar-refractivity contribution in [2.24, 2.45) is 5.92 Å². The van der Waals surface area contributed by atoms with Gasteiger partial charge in [-0.05, 0) is 67.4 Å². The Morgan fingerprint density at radius 3 is 2.73 bits per heavy atom. The maximum Gasteiger partial charge on any atom is 0.130 e. The Hall–Kier alpha value is -2.22. The van der Waals surface area contributed by atoms with Crippen LogP contribution in [0.4, 0.5) is 5.69 Å². The van der Waals surface area contributed by atoms with Gasteiger partial charge in [0.25, 0.3) is 0 Å². The van der Waals surface area contributed by atoms with Crippen molar-refractivity contribution in [2.75, 3.05) is 5.32 Å². The monoisotopic (exact) mass is 345 g/mol. The largest absolute Gasteiger partial charge is 0.483 e. The van der Waals surface area contributed by atoms with Crippen LogP contribution in [0.2, 0.25) is 0 Å². The number of para-hydroxylation sites is 1. The molecule has 2 aromatic rings. The fourth-order valence-electron chi connectivity index (χ4n) is 5.38. The molecule has 3 atom stereocenters. The summed E-state index contributed by atoms with van der Waals surface area (Å²) in [5.41, 5.74) is 6.64. The molecule has 1 fully saturated rings. The lowest BCUT2D eigenvalue weighted by atomic mass is 9.58. The van der Waals surface area contributed by atoms with Gasteiger partial charge in [0.05, 0.1) is 6.04 Å². The van der Waals surface area contributed by atoms with E-state index in [0.29, 0.717) is 12.0 Å². The number of benzene rings is 2. The van der Waals surface area contributed by atoms with Crippen LogP contribution in [-0.4, -0.2) is 11.6 Å². The van der Waals surface area contributed by atoms with E-state index in [-0.39, 0.29) is 11.0 Å². The van der Waals surface area contributed by atoms with E-state index in [1.807, 2.05) is 0 Å². The highest BCUT2D eigenvalue weighted by Crippen LogP contribution is 2.54. The zero-order valence-electron chi connectivity index (χ0n) is 16.1. The molecule has 0 radical (unpaired) electrons. The van der Waals surface area contributed by atoms with Gasteiger partial charge in [0.1, 0.15) is 11.4 Å². The Balaban J connectivity index is 1.66. The van der Waals surface area contributed by atoms with Gasteiger partial charge in [-0.15, -0.1) is 0 Å². The molecule has 1 unspecified atom stereocenters. The Morgan fingerprint density at radius 2 is 1.88 bits per heavy atom. The number of nitrogens with one attached hydrogen (secondary N) is 1. The van der Waals surface area contributed by atoms with E-state index in [1.54, 1.807) is 0 Å². The first-order chi connectivity index (χ1) is 12.4. The molecule has 1 saturated carbocycles. The summed E-state index contributed by atoms with van der Waals surface area (Å²) < 4.78 is 6.54. The Kier molecular flexibility index (Phi) is 3.17. The number of anilines is 1. The average molecular weight is 345 g/mol. The Bertz CT molecular complexity index is 926. The minimum absolute atomic E-state index is 0.149. The zero-order chi connectivity index (χ0) is 18.1. The van der Waals surface area contributed by atoms with E-state index in [0.717, 1.165) is 12.2 Å². The molecule has 0 spiro atoms. The smallest absolute Gasteiger partial charge is 0.130 e. The summed E-state index contributed by atoms with van der Waals surface area (Å²) in [5, 5.41) is 3.89. The SMILES string of the molecule is Cc1ccc2c(c1)C(C)(C)[C@@H]1CCC3(C)Oc4ccccc4C=C3[C@H]1N2. The van der Waals surface area contributed by atoms with E-state index >= 15 is 0 Å². The summed E-state index contributed by atoms with van der Waals surface area (Å²) in [5.74, 6) is 1.59. The summed E-state index contributed by atoms with van der Waals surface area (Å²) in [7, 11) is 0. The van der Waals surface area contributed by atoms with Gasteiger partial charge in [-0.1, -0.05) is 49.7 Å². The first-order valence-electron chi connectivity index (χ1n) is 9.76. The van der Waals surface area contributed by atoms with Crippen LogP contribution in [0.1, 0.15) is 50.3 Å². The third-order valence-corrected chi connectivity index (χ3v) is 6.95. The average Bonchev–Trinajstić information content (AvgIpc) is 2.60. The normalized spacial score (nSPS) is 30.5. The lowest BCUT2D eigenvalue weighted by Gasteiger charge is -2.55. The summed E-state index contributed by atoms with van der Waals surface area (Å²) in [6.07, 6.45) is 4.63. The minimum atomic E-state index is -0.208. The third-order valence-electron chi connectivity index (χ3n) is 6.95. The molecule has 2 aliphatic heterocycles. The quantitative estimate of drug-likeness (QED) is 0.660. The van der Waals surface area contributed by atoms with Gasteiger partial charge in [0.15, 0.2) is 0 Å². The molecule has 2 heterocycles. The van der Waals surface area contributed by atoms with Gasteiger partial charge in [0, 0.05) is 11.3 Å². The van der Waals surface area contributed by atoms with Crippen molar-refractivity contribution < 1.29 is 4.74 Å². The van der Waals surface area contributed by atoms with E-state index < -0.39 is 0 Å². The van der Waals surface area contributed by atoms with E-state index in [1.165, 1.54) is 34.4 Å². The molecule has 0 bridgehead atoms. The van der Waals surface area contributed by atoms with E-state index in [9.17, 15) is 0 Å². The highest BCUT2D eigenvalue weighted by Gasteiger charge is 2.52. The van der Waals surface area contributed by atoms with Crippen LogP contribution in [-0.2, 0) is 5.41 Å². The van der Waals surface area contributed by atoms with Crippen molar-refractivity contribution in [3.05, 3.63) is 64.7 Å². The molecule has 2 heteroatoms.